The summed E-state index contributed by atoms with van der Waals surface area (Å²) in [6.07, 6.45) is 0. The molecule has 0 unspecified atom stereocenters. The first-order chi connectivity index (χ1) is 29.7. The van der Waals surface area contributed by atoms with Crippen LogP contribution in [0.2, 0.25) is 0 Å². The molecule has 2 heteroatoms. The van der Waals surface area contributed by atoms with Gasteiger partial charge >= 0.3 is 0 Å². The molecular formula is C58H39NO. The van der Waals surface area contributed by atoms with Crippen molar-refractivity contribution < 1.29 is 4.42 Å². The van der Waals surface area contributed by atoms with Gasteiger partial charge in [0.2, 0.25) is 0 Å². The molecule has 0 bridgehead atoms. The third kappa shape index (κ3) is 6.41. The molecule has 0 atom stereocenters. The Kier molecular flexibility index (Phi) is 8.87. The SMILES string of the molecule is c1ccc(-c2ccc(N(c3ccc(-c4ccccc4)cc3)c3ccc(-c4cc(-c5ccccc5)cc(-c5ccccc5)c4)c4c3oc3c5ccccc5ccc34)cc2)cc1. The van der Waals surface area contributed by atoms with Gasteiger partial charge in [0, 0.05) is 27.5 Å². The van der Waals surface area contributed by atoms with E-state index in [1.54, 1.807) is 0 Å². The molecule has 1 heterocycles. The average Bonchev–Trinajstić information content (AvgIpc) is 3.74. The molecular weight excluding hydrogens is 727 g/mol. The number of nitrogens with zero attached hydrogens (tertiary/aromatic N) is 1. The zero-order valence-electron chi connectivity index (χ0n) is 32.9. The predicted octanol–water partition coefficient (Wildman–Crippen LogP) is 16.5. The topological polar surface area (TPSA) is 16.4 Å². The molecule has 0 aliphatic rings. The molecule has 0 saturated carbocycles. The lowest BCUT2D eigenvalue weighted by Crippen LogP contribution is -2.10. The van der Waals surface area contributed by atoms with E-state index < -0.39 is 0 Å². The zero-order chi connectivity index (χ0) is 39.8. The molecule has 282 valence electrons. The van der Waals surface area contributed by atoms with Crippen molar-refractivity contribution in [3.05, 3.63) is 237 Å². The lowest BCUT2D eigenvalue weighted by Gasteiger charge is -2.26. The Labute approximate surface area is 349 Å². The summed E-state index contributed by atoms with van der Waals surface area (Å²) in [7, 11) is 0. The Bertz CT molecular complexity index is 3120. The first-order valence-corrected chi connectivity index (χ1v) is 20.5. The van der Waals surface area contributed by atoms with E-state index in [4.69, 9.17) is 4.42 Å². The highest BCUT2D eigenvalue weighted by Gasteiger charge is 2.24. The summed E-state index contributed by atoms with van der Waals surface area (Å²) in [6.45, 7) is 0. The Morgan fingerprint density at radius 1 is 0.283 bits per heavy atom. The zero-order valence-corrected chi connectivity index (χ0v) is 32.9. The molecule has 0 N–H and O–H groups in total. The van der Waals surface area contributed by atoms with Gasteiger partial charge in [0.05, 0.1) is 5.69 Å². The number of benzene rings is 10. The van der Waals surface area contributed by atoms with Gasteiger partial charge in [-0.15, -0.1) is 0 Å². The van der Waals surface area contributed by atoms with Crippen LogP contribution >= 0.6 is 0 Å². The van der Waals surface area contributed by atoms with E-state index in [2.05, 4.69) is 241 Å². The molecule has 11 aromatic rings. The van der Waals surface area contributed by atoms with E-state index in [1.807, 2.05) is 0 Å². The third-order valence-electron chi connectivity index (χ3n) is 11.7. The molecule has 0 saturated heterocycles. The number of fused-ring (bicyclic) bond motifs is 5. The minimum Gasteiger partial charge on any atom is -0.453 e. The van der Waals surface area contributed by atoms with Crippen LogP contribution in [0.5, 0.6) is 0 Å². The second kappa shape index (κ2) is 15.1. The number of rotatable bonds is 8. The van der Waals surface area contributed by atoms with Gasteiger partial charge in [0.1, 0.15) is 5.58 Å². The summed E-state index contributed by atoms with van der Waals surface area (Å²) in [6, 6.07) is 84.7. The quantitative estimate of drug-likeness (QED) is 0.153. The van der Waals surface area contributed by atoms with Crippen molar-refractivity contribution in [1.29, 1.82) is 0 Å². The van der Waals surface area contributed by atoms with Crippen LogP contribution in [0.25, 0.3) is 88.3 Å². The van der Waals surface area contributed by atoms with Gasteiger partial charge in [-0.3, -0.25) is 0 Å². The van der Waals surface area contributed by atoms with Gasteiger partial charge in [0.15, 0.2) is 5.58 Å². The van der Waals surface area contributed by atoms with E-state index >= 15 is 0 Å². The maximum absolute atomic E-state index is 7.26. The summed E-state index contributed by atoms with van der Waals surface area (Å²) in [5.74, 6) is 0. The van der Waals surface area contributed by atoms with Gasteiger partial charge in [-0.1, -0.05) is 182 Å². The van der Waals surface area contributed by atoms with Gasteiger partial charge in [-0.05, 0) is 116 Å². The number of furan rings is 1. The van der Waals surface area contributed by atoms with Crippen molar-refractivity contribution in [3.8, 4) is 55.6 Å². The van der Waals surface area contributed by atoms with Crippen LogP contribution in [-0.4, -0.2) is 0 Å². The fourth-order valence-electron chi connectivity index (χ4n) is 8.68. The molecule has 0 aliphatic heterocycles. The number of hydrogen-bond acceptors (Lipinski definition) is 2. The van der Waals surface area contributed by atoms with Gasteiger partial charge < -0.3 is 9.32 Å². The van der Waals surface area contributed by atoms with Crippen molar-refractivity contribution in [2.45, 2.75) is 0 Å². The summed E-state index contributed by atoms with van der Waals surface area (Å²) >= 11 is 0. The average molecular weight is 766 g/mol. The number of hydrogen-bond donors (Lipinski definition) is 0. The minimum atomic E-state index is 0.838. The smallest absolute Gasteiger partial charge is 0.160 e. The highest BCUT2D eigenvalue weighted by atomic mass is 16.3. The molecule has 0 spiro atoms. The Balaban J connectivity index is 1.17. The Morgan fingerprint density at radius 3 is 1.23 bits per heavy atom. The number of anilines is 3. The van der Waals surface area contributed by atoms with Crippen molar-refractivity contribution in [2.24, 2.45) is 0 Å². The van der Waals surface area contributed by atoms with Crippen molar-refractivity contribution >= 4 is 49.8 Å². The maximum atomic E-state index is 7.26. The first kappa shape index (κ1) is 35.2. The van der Waals surface area contributed by atoms with Gasteiger partial charge in [-0.2, -0.15) is 0 Å². The Hall–Kier alpha value is -7.94. The lowest BCUT2D eigenvalue weighted by molar-refractivity contribution is 0.673. The summed E-state index contributed by atoms with van der Waals surface area (Å²) in [5.41, 5.74) is 16.4. The van der Waals surface area contributed by atoms with Crippen LogP contribution in [0.4, 0.5) is 17.1 Å². The monoisotopic (exact) mass is 765 g/mol. The van der Waals surface area contributed by atoms with E-state index in [-0.39, 0.29) is 0 Å². The van der Waals surface area contributed by atoms with Crippen LogP contribution in [0.1, 0.15) is 0 Å². The fraction of sp³-hybridized carbons (Fsp3) is 0. The molecule has 10 aromatic carbocycles. The van der Waals surface area contributed by atoms with E-state index in [0.29, 0.717) is 0 Å². The maximum Gasteiger partial charge on any atom is 0.160 e. The predicted molar refractivity (Wildman–Crippen MR) is 253 cm³/mol. The van der Waals surface area contributed by atoms with E-state index in [0.717, 1.165) is 60.9 Å². The largest absolute Gasteiger partial charge is 0.453 e. The molecule has 60 heavy (non-hydrogen) atoms. The normalized spacial score (nSPS) is 11.3. The fourth-order valence-corrected chi connectivity index (χ4v) is 8.68. The molecule has 11 rings (SSSR count). The van der Waals surface area contributed by atoms with Crippen molar-refractivity contribution in [2.75, 3.05) is 4.90 Å². The molecule has 0 aliphatic carbocycles. The standard InChI is InChI=1S/C58H39NO/c1-5-15-40(16-6-1)44-25-30-50(31-26-44)59(51-32-27-45(28-33-51)41-17-7-2-8-18-41)55-36-35-52(56-54-34-29-46-23-13-14-24-53(46)57(54)60-58(55)56)49-38-47(42-19-9-3-10-20-42)37-48(39-49)43-21-11-4-12-22-43/h1-39H. The minimum absolute atomic E-state index is 0.838. The van der Waals surface area contributed by atoms with E-state index in [9.17, 15) is 0 Å². The second-order valence-corrected chi connectivity index (χ2v) is 15.3. The molecule has 0 amide bonds. The van der Waals surface area contributed by atoms with Gasteiger partial charge in [-0.25, -0.2) is 0 Å². The third-order valence-corrected chi connectivity index (χ3v) is 11.7. The highest BCUT2D eigenvalue weighted by Crippen LogP contribution is 2.48. The van der Waals surface area contributed by atoms with Crippen LogP contribution in [0.15, 0.2) is 241 Å². The highest BCUT2D eigenvalue weighted by molar-refractivity contribution is 6.22. The summed E-state index contributed by atoms with van der Waals surface area (Å²) in [5, 5.41) is 4.42. The van der Waals surface area contributed by atoms with Gasteiger partial charge in [0.25, 0.3) is 0 Å². The van der Waals surface area contributed by atoms with Crippen LogP contribution in [0, 0.1) is 0 Å². The summed E-state index contributed by atoms with van der Waals surface area (Å²) < 4.78 is 7.26. The molecule has 2 nitrogen and oxygen atoms in total. The van der Waals surface area contributed by atoms with Crippen LogP contribution in [-0.2, 0) is 0 Å². The lowest BCUT2D eigenvalue weighted by atomic mass is 9.91. The van der Waals surface area contributed by atoms with Crippen LogP contribution < -0.4 is 4.90 Å². The molecule has 1 aromatic heterocycles. The second-order valence-electron chi connectivity index (χ2n) is 15.3. The Morgan fingerprint density at radius 2 is 0.717 bits per heavy atom. The van der Waals surface area contributed by atoms with Crippen molar-refractivity contribution in [3.63, 3.8) is 0 Å². The molecule has 0 fully saturated rings. The van der Waals surface area contributed by atoms with E-state index in [1.165, 1.54) is 44.5 Å². The van der Waals surface area contributed by atoms with Crippen LogP contribution in [0.3, 0.4) is 0 Å². The van der Waals surface area contributed by atoms with Crippen molar-refractivity contribution in [1.82, 2.24) is 0 Å². The summed E-state index contributed by atoms with van der Waals surface area (Å²) in [4.78, 5) is 2.34. The molecule has 0 radical (unpaired) electrons. The first-order valence-electron chi connectivity index (χ1n) is 20.5.